The summed E-state index contributed by atoms with van der Waals surface area (Å²) in [5.41, 5.74) is 0. The second-order valence-corrected chi connectivity index (χ2v) is 9.21. The maximum absolute atomic E-state index is 13.8. The van der Waals surface area contributed by atoms with E-state index in [1.807, 2.05) is 0 Å². The summed E-state index contributed by atoms with van der Waals surface area (Å²) >= 11 is 0. The molecule has 1 aliphatic carbocycles. The van der Waals surface area contributed by atoms with Gasteiger partial charge in [0.1, 0.15) is 16.4 Å². The van der Waals surface area contributed by atoms with Gasteiger partial charge in [-0.1, -0.05) is 12.8 Å². The van der Waals surface area contributed by atoms with Gasteiger partial charge in [0.2, 0.25) is 15.9 Å². The van der Waals surface area contributed by atoms with E-state index in [1.54, 1.807) is 12.1 Å². The summed E-state index contributed by atoms with van der Waals surface area (Å²) in [6.07, 6.45) is 3.71. The lowest BCUT2D eigenvalue weighted by atomic mass is 9.83. The van der Waals surface area contributed by atoms with Crippen molar-refractivity contribution in [2.24, 2.45) is 5.92 Å². The SMILES string of the molecule is COc1ccc(OC)c(S(=O)(=O)N2CCCOCCNC(=O)[C@@H]3CCCC[C@@H]32)c1. The van der Waals surface area contributed by atoms with E-state index >= 15 is 0 Å². The molecule has 1 aliphatic heterocycles. The Morgan fingerprint density at radius 2 is 1.90 bits per heavy atom. The number of benzene rings is 1. The van der Waals surface area contributed by atoms with Gasteiger partial charge in [-0.25, -0.2) is 8.42 Å². The van der Waals surface area contributed by atoms with Gasteiger partial charge in [-0.2, -0.15) is 4.31 Å². The zero-order valence-electron chi connectivity index (χ0n) is 17.1. The molecular weight excluding hydrogens is 396 g/mol. The molecule has 2 aliphatic rings. The molecule has 3 rings (SSSR count). The maximum atomic E-state index is 13.8. The summed E-state index contributed by atoms with van der Waals surface area (Å²) in [7, 11) is -0.985. The van der Waals surface area contributed by atoms with Crippen molar-refractivity contribution in [3.8, 4) is 11.5 Å². The standard InChI is InChI=1S/C20H30N2O6S/c1-26-15-8-9-18(27-2)19(14-15)29(24,25)22-11-5-12-28-13-10-21-20(23)16-6-3-4-7-17(16)22/h8-9,14,16-17H,3-7,10-13H2,1-2H3,(H,21,23)/t16-,17+/m1/s1. The highest BCUT2D eigenvalue weighted by Crippen LogP contribution is 2.36. The van der Waals surface area contributed by atoms with Gasteiger partial charge in [-0.15, -0.1) is 0 Å². The second-order valence-electron chi connectivity index (χ2n) is 7.35. The largest absolute Gasteiger partial charge is 0.497 e. The fourth-order valence-electron chi connectivity index (χ4n) is 4.14. The smallest absolute Gasteiger partial charge is 0.247 e. The summed E-state index contributed by atoms with van der Waals surface area (Å²) in [6, 6.07) is 4.35. The maximum Gasteiger partial charge on any atom is 0.247 e. The average Bonchev–Trinajstić information content (AvgIpc) is 2.78. The fourth-order valence-corrected chi connectivity index (χ4v) is 6.04. The van der Waals surface area contributed by atoms with Crippen LogP contribution >= 0.6 is 0 Å². The third-order valence-corrected chi connectivity index (χ3v) is 7.55. The molecule has 162 valence electrons. The lowest BCUT2D eigenvalue weighted by Crippen LogP contribution is -2.51. The highest BCUT2D eigenvalue weighted by molar-refractivity contribution is 7.89. The molecule has 1 aromatic carbocycles. The van der Waals surface area contributed by atoms with Crippen LogP contribution in [-0.4, -0.2) is 65.2 Å². The predicted molar refractivity (Wildman–Crippen MR) is 108 cm³/mol. The number of sulfonamides is 1. The number of ether oxygens (including phenoxy) is 3. The molecule has 1 aromatic rings. The number of nitrogens with one attached hydrogen (secondary N) is 1. The molecule has 1 saturated carbocycles. The van der Waals surface area contributed by atoms with Gasteiger partial charge in [0.25, 0.3) is 0 Å². The predicted octanol–water partition coefficient (Wildman–Crippen LogP) is 1.79. The second kappa shape index (κ2) is 9.77. The number of methoxy groups -OCH3 is 2. The minimum absolute atomic E-state index is 0.0554. The topological polar surface area (TPSA) is 94.2 Å². The Bertz CT molecular complexity index is 813. The average molecular weight is 427 g/mol. The van der Waals surface area contributed by atoms with E-state index in [9.17, 15) is 13.2 Å². The van der Waals surface area contributed by atoms with E-state index in [0.717, 1.165) is 12.8 Å². The number of fused-ring (bicyclic) bond motifs is 1. The van der Waals surface area contributed by atoms with Gasteiger partial charge in [0, 0.05) is 31.8 Å². The Hall–Kier alpha value is -1.84. The Balaban J connectivity index is 2.04. The highest BCUT2D eigenvalue weighted by atomic mass is 32.2. The molecule has 1 N–H and O–H groups in total. The molecule has 1 amide bonds. The van der Waals surface area contributed by atoms with Gasteiger partial charge in [0.05, 0.1) is 26.7 Å². The number of hydrogen-bond donors (Lipinski definition) is 1. The van der Waals surface area contributed by atoms with Crippen molar-refractivity contribution in [1.82, 2.24) is 9.62 Å². The summed E-state index contributed by atoms with van der Waals surface area (Å²) in [4.78, 5) is 12.8. The van der Waals surface area contributed by atoms with E-state index in [1.165, 1.54) is 24.6 Å². The van der Waals surface area contributed by atoms with Crippen LogP contribution in [0.15, 0.2) is 23.1 Å². The first kappa shape index (κ1) is 21.9. The monoisotopic (exact) mass is 426 g/mol. The minimum Gasteiger partial charge on any atom is -0.497 e. The quantitative estimate of drug-likeness (QED) is 0.789. The van der Waals surface area contributed by atoms with Crippen LogP contribution in [0.4, 0.5) is 0 Å². The van der Waals surface area contributed by atoms with Crippen LogP contribution in [-0.2, 0) is 19.6 Å². The van der Waals surface area contributed by atoms with Gasteiger partial charge < -0.3 is 19.5 Å². The Kier molecular flexibility index (Phi) is 7.37. The van der Waals surface area contributed by atoms with E-state index in [4.69, 9.17) is 14.2 Å². The minimum atomic E-state index is -3.92. The molecule has 1 heterocycles. The van der Waals surface area contributed by atoms with Crippen molar-refractivity contribution in [3.05, 3.63) is 18.2 Å². The normalized spacial score (nSPS) is 24.7. The number of nitrogens with zero attached hydrogens (tertiary/aromatic N) is 1. The molecule has 0 aromatic heterocycles. The van der Waals surface area contributed by atoms with E-state index in [-0.39, 0.29) is 35.1 Å². The van der Waals surface area contributed by atoms with Crippen molar-refractivity contribution in [2.75, 3.05) is 40.5 Å². The lowest BCUT2D eigenvalue weighted by Gasteiger charge is -2.38. The first-order valence-corrected chi connectivity index (χ1v) is 11.5. The van der Waals surface area contributed by atoms with Crippen molar-refractivity contribution in [2.45, 2.75) is 43.0 Å². The van der Waals surface area contributed by atoms with Crippen molar-refractivity contribution in [3.63, 3.8) is 0 Å². The zero-order chi connectivity index (χ0) is 20.9. The molecule has 0 radical (unpaired) electrons. The van der Waals surface area contributed by atoms with Crippen LogP contribution < -0.4 is 14.8 Å². The molecule has 9 heteroatoms. The van der Waals surface area contributed by atoms with Gasteiger partial charge in [-0.3, -0.25) is 4.79 Å². The van der Waals surface area contributed by atoms with Crippen LogP contribution in [0.25, 0.3) is 0 Å². The van der Waals surface area contributed by atoms with Crippen molar-refractivity contribution in [1.29, 1.82) is 0 Å². The first-order chi connectivity index (χ1) is 14.0. The molecule has 2 fully saturated rings. The number of amides is 1. The van der Waals surface area contributed by atoms with Crippen LogP contribution in [0.2, 0.25) is 0 Å². The van der Waals surface area contributed by atoms with E-state index in [2.05, 4.69) is 5.32 Å². The van der Waals surface area contributed by atoms with Crippen molar-refractivity contribution < 1.29 is 27.4 Å². The number of carbonyl (C=O) groups is 1. The van der Waals surface area contributed by atoms with Gasteiger partial charge in [0.15, 0.2) is 0 Å². The summed E-state index contributed by atoms with van der Waals surface area (Å²) in [6.45, 7) is 1.60. The number of carbonyl (C=O) groups excluding carboxylic acids is 1. The zero-order valence-corrected chi connectivity index (χ0v) is 17.9. The van der Waals surface area contributed by atoms with Crippen LogP contribution in [0.1, 0.15) is 32.1 Å². The Labute approximate surface area is 172 Å². The Morgan fingerprint density at radius 3 is 2.66 bits per heavy atom. The molecule has 0 unspecified atom stereocenters. The molecule has 2 atom stereocenters. The Morgan fingerprint density at radius 1 is 1.10 bits per heavy atom. The third-order valence-electron chi connectivity index (χ3n) is 5.61. The lowest BCUT2D eigenvalue weighted by molar-refractivity contribution is -0.127. The van der Waals surface area contributed by atoms with E-state index < -0.39 is 10.0 Å². The molecule has 0 bridgehead atoms. The van der Waals surface area contributed by atoms with Crippen LogP contribution in [0, 0.1) is 5.92 Å². The summed E-state index contributed by atoms with van der Waals surface area (Å²) in [5, 5.41) is 2.90. The van der Waals surface area contributed by atoms with Crippen LogP contribution in [0.3, 0.4) is 0 Å². The number of hydrogen-bond acceptors (Lipinski definition) is 6. The molecule has 8 nitrogen and oxygen atoms in total. The summed E-state index contributed by atoms with van der Waals surface area (Å²) < 4.78 is 45.1. The molecule has 1 saturated heterocycles. The summed E-state index contributed by atoms with van der Waals surface area (Å²) in [5.74, 6) is 0.225. The fraction of sp³-hybridized carbons (Fsp3) is 0.650. The third kappa shape index (κ3) is 4.84. The van der Waals surface area contributed by atoms with E-state index in [0.29, 0.717) is 44.8 Å². The first-order valence-electron chi connectivity index (χ1n) is 10.1. The highest BCUT2D eigenvalue weighted by Gasteiger charge is 2.41. The van der Waals surface area contributed by atoms with Crippen LogP contribution in [0.5, 0.6) is 11.5 Å². The van der Waals surface area contributed by atoms with Gasteiger partial charge in [-0.05, 0) is 31.4 Å². The van der Waals surface area contributed by atoms with Crippen molar-refractivity contribution >= 4 is 15.9 Å². The molecule has 29 heavy (non-hydrogen) atoms. The molecule has 0 spiro atoms. The molecular formula is C20H30N2O6S. The van der Waals surface area contributed by atoms with Gasteiger partial charge >= 0.3 is 0 Å². The number of rotatable bonds is 4.